The van der Waals surface area contributed by atoms with Gasteiger partial charge in [-0.05, 0) is 12.1 Å². The van der Waals surface area contributed by atoms with Crippen LogP contribution in [0.5, 0.6) is 5.75 Å². The van der Waals surface area contributed by atoms with Crippen LogP contribution in [0.15, 0.2) is 36.5 Å². The molecule has 0 aliphatic rings. The Bertz CT molecular complexity index is 695. The Hall–Kier alpha value is -2.26. The van der Waals surface area contributed by atoms with E-state index in [1.54, 1.807) is 6.07 Å². The van der Waals surface area contributed by atoms with E-state index in [1.165, 1.54) is 30.5 Å². The highest BCUT2D eigenvalue weighted by molar-refractivity contribution is 6.30. The zero-order valence-corrected chi connectivity index (χ0v) is 11.2. The topological polar surface area (TPSA) is 45.9 Å². The van der Waals surface area contributed by atoms with Crippen LogP contribution >= 0.6 is 11.6 Å². The molecule has 1 aromatic heterocycles. The summed E-state index contributed by atoms with van der Waals surface area (Å²) in [6, 6.07) is 9.01. The molecular weight excluding hydrogens is 305 g/mol. The number of hydrogen-bond acceptors (Lipinski definition) is 3. The van der Waals surface area contributed by atoms with Gasteiger partial charge in [0.05, 0.1) is 23.2 Å². The van der Waals surface area contributed by atoms with E-state index >= 15 is 0 Å². The van der Waals surface area contributed by atoms with Gasteiger partial charge in [0.2, 0.25) is 0 Å². The van der Waals surface area contributed by atoms with Gasteiger partial charge in [-0.25, -0.2) is 0 Å². The number of pyridine rings is 1. The Morgan fingerprint density at radius 3 is 2.62 bits per heavy atom. The Kier molecular flexibility index (Phi) is 4.34. The van der Waals surface area contributed by atoms with Crippen molar-refractivity contribution in [1.82, 2.24) is 4.98 Å². The van der Waals surface area contributed by atoms with Gasteiger partial charge in [0.25, 0.3) is 0 Å². The van der Waals surface area contributed by atoms with Crippen LogP contribution in [0.3, 0.4) is 0 Å². The molecule has 0 unspecified atom stereocenters. The summed E-state index contributed by atoms with van der Waals surface area (Å²) in [6.45, 7) is 0. The molecule has 0 N–H and O–H groups in total. The van der Waals surface area contributed by atoms with Gasteiger partial charge in [-0.15, -0.1) is 13.2 Å². The lowest BCUT2D eigenvalue weighted by Gasteiger charge is -2.14. The van der Waals surface area contributed by atoms with Crippen LogP contribution in [-0.4, -0.2) is 11.3 Å². The predicted molar refractivity (Wildman–Crippen MR) is 70.7 cm³/mol. The quantitative estimate of drug-likeness (QED) is 0.845. The normalized spacial score (nSPS) is 11.0. The van der Waals surface area contributed by atoms with Crippen LogP contribution in [0.1, 0.15) is 5.69 Å². The molecule has 0 radical (unpaired) electrons. The minimum Gasteiger partial charge on any atom is -0.405 e. The number of rotatable bonds is 3. The van der Waals surface area contributed by atoms with Gasteiger partial charge in [0.15, 0.2) is 0 Å². The lowest BCUT2D eigenvalue weighted by molar-refractivity contribution is -0.274. The van der Waals surface area contributed by atoms with Crippen molar-refractivity contribution in [1.29, 1.82) is 5.26 Å². The summed E-state index contributed by atoms with van der Waals surface area (Å²) in [5, 5.41) is 9.04. The summed E-state index contributed by atoms with van der Waals surface area (Å²) >= 11 is 5.84. The van der Waals surface area contributed by atoms with Crippen LogP contribution in [0, 0.1) is 11.3 Å². The molecule has 0 amide bonds. The number of halogens is 4. The first-order valence-electron chi connectivity index (χ1n) is 5.77. The molecule has 0 spiro atoms. The molecule has 0 saturated carbocycles. The highest BCUT2D eigenvalue weighted by Crippen LogP contribution is 2.36. The van der Waals surface area contributed by atoms with E-state index in [0.717, 1.165) is 0 Å². The van der Waals surface area contributed by atoms with E-state index in [-0.39, 0.29) is 22.8 Å². The number of para-hydroxylation sites is 1. The molecule has 2 aromatic rings. The highest BCUT2D eigenvalue weighted by Gasteiger charge is 2.32. The summed E-state index contributed by atoms with van der Waals surface area (Å²) in [5.74, 6) is -0.367. The lowest BCUT2D eigenvalue weighted by atomic mass is 10.0. The van der Waals surface area contributed by atoms with Crippen LogP contribution in [-0.2, 0) is 6.42 Å². The zero-order chi connectivity index (χ0) is 15.5. The largest absolute Gasteiger partial charge is 0.573 e. The van der Waals surface area contributed by atoms with E-state index in [1.807, 2.05) is 6.07 Å². The second-order valence-corrected chi connectivity index (χ2v) is 4.46. The van der Waals surface area contributed by atoms with E-state index in [2.05, 4.69) is 9.72 Å². The van der Waals surface area contributed by atoms with Gasteiger partial charge < -0.3 is 4.74 Å². The second kappa shape index (κ2) is 6.02. The minimum absolute atomic E-state index is 0.0488. The monoisotopic (exact) mass is 312 g/mol. The summed E-state index contributed by atoms with van der Waals surface area (Å²) in [4.78, 5) is 3.99. The molecule has 108 valence electrons. The van der Waals surface area contributed by atoms with Crippen molar-refractivity contribution in [3.63, 3.8) is 0 Å². The van der Waals surface area contributed by atoms with Crippen LogP contribution in [0.4, 0.5) is 13.2 Å². The molecule has 0 bridgehead atoms. The predicted octanol–water partition coefficient (Wildman–Crippen LogP) is 4.37. The first-order chi connectivity index (χ1) is 9.90. The van der Waals surface area contributed by atoms with Gasteiger partial charge >= 0.3 is 6.36 Å². The molecule has 7 heteroatoms. The highest BCUT2D eigenvalue weighted by atomic mass is 35.5. The molecule has 0 atom stereocenters. The fourth-order valence-corrected chi connectivity index (χ4v) is 1.98. The summed E-state index contributed by atoms with van der Waals surface area (Å²) < 4.78 is 41.4. The number of benzene rings is 1. The lowest BCUT2D eigenvalue weighted by Crippen LogP contribution is -2.17. The number of ether oxygens (including phenoxy) is 1. The van der Waals surface area contributed by atoms with E-state index in [0.29, 0.717) is 11.3 Å². The van der Waals surface area contributed by atoms with Crippen molar-refractivity contribution in [3.05, 3.63) is 47.2 Å². The first kappa shape index (κ1) is 15.1. The molecule has 2 rings (SSSR count). The third-order valence-corrected chi connectivity index (χ3v) is 2.79. The van der Waals surface area contributed by atoms with E-state index in [4.69, 9.17) is 16.9 Å². The molecule has 0 fully saturated rings. The number of nitrogens with zero attached hydrogens (tertiary/aromatic N) is 2. The fraction of sp³-hybridized carbons (Fsp3) is 0.143. The fourth-order valence-electron chi connectivity index (χ4n) is 1.82. The van der Waals surface area contributed by atoms with Gasteiger partial charge in [0.1, 0.15) is 5.75 Å². The van der Waals surface area contributed by atoms with E-state index < -0.39 is 6.36 Å². The first-order valence-corrected chi connectivity index (χ1v) is 6.15. The van der Waals surface area contributed by atoms with Crippen molar-refractivity contribution in [2.45, 2.75) is 12.8 Å². The number of alkyl halides is 3. The third-order valence-electron chi connectivity index (χ3n) is 2.59. The van der Waals surface area contributed by atoms with Crippen molar-refractivity contribution in [2.75, 3.05) is 0 Å². The molecule has 1 heterocycles. The SMILES string of the molecule is N#CCc1ncc(Cl)cc1-c1ccccc1OC(F)(F)F. The molecule has 0 aliphatic heterocycles. The Morgan fingerprint density at radius 2 is 1.95 bits per heavy atom. The van der Waals surface area contributed by atoms with Gasteiger partial charge in [0, 0.05) is 17.3 Å². The van der Waals surface area contributed by atoms with Crippen molar-refractivity contribution < 1.29 is 17.9 Å². The molecule has 1 aromatic carbocycles. The van der Waals surface area contributed by atoms with Crippen LogP contribution in [0.25, 0.3) is 11.1 Å². The maximum absolute atomic E-state index is 12.4. The summed E-state index contributed by atoms with van der Waals surface area (Å²) in [7, 11) is 0. The summed E-state index contributed by atoms with van der Waals surface area (Å²) in [5.41, 5.74) is 0.846. The molecular formula is C14H8ClF3N2O. The minimum atomic E-state index is -4.81. The van der Waals surface area contributed by atoms with Crippen molar-refractivity contribution >= 4 is 11.6 Å². The summed E-state index contributed by atoms with van der Waals surface area (Å²) in [6.07, 6.45) is -3.52. The third kappa shape index (κ3) is 3.86. The van der Waals surface area contributed by atoms with Crippen LogP contribution < -0.4 is 4.74 Å². The maximum atomic E-state index is 12.4. The number of nitriles is 1. The van der Waals surface area contributed by atoms with Gasteiger partial charge in [-0.2, -0.15) is 5.26 Å². The molecule has 3 nitrogen and oxygen atoms in total. The molecule has 21 heavy (non-hydrogen) atoms. The van der Waals surface area contributed by atoms with Crippen molar-refractivity contribution in [3.8, 4) is 22.9 Å². The standard InChI is InChI=1S/C14H8ClF3N2O/c15-9-7-11(12(5-6-19)20-8-9)10-3-1-2-4-13(10)21-14(16,17)18/h1-4,7-8H,5H2. The zero-order valence-electron chi connectivity index (χ0n) is 10.5. The molecule has 0 saturated heterocycles. The van der Waals surface area contributed by atoms with Crippen LogP contribution in [0.2, 0.25) is 5.02 Å². The Balaban J connectivity index is 2.57. The van der Waals surface area contributed by atoms with Gasteiger partial charge in [-0.1, -0.05) is 29.8 Å². The van der Waals surface area contributed by atoms with E-state index in [9.17, 15) is 13.2 Å². The number of aromatic nitrogens is 1. The maximum Gasteiger partial charge on any atom is 0.573 e. The second-order valence-electron chi connectivity index (χ2n) is 4.03. The average Bonchev–Trinajstić information content (AvgIpc) is 2.40. The Labute approximate surface area is 123 Å². The van der Waals surface area contributed by atoms with Gasteiger partial charge in [-0.3, -0.25) is 4.98 Å². The molecule has 0 aliphatic carbocycles. The van der Waals surface area contributed by atoms with Crippen molar-refractivity contribution in [2.24, 2.45) is 0 Å². The Morgan fingerprint density at radius 1 is 1.24 bits per heavy atom. The average molecular weight is 313 g/mol. The smallest absolute Gasteiger partial charge is 0.405 e. The number of hydrogen-bond donors (Lipinski definition) is 0.